The fourth-order valence-electron chi connectivity index (χ4n) is 4.40. The maximum absolute atomic E-state index is 12.7. The van der Waals surface area contributed by atoms with Gasteiger partial charge in [0, 0.05) is 31.6 Å². The fourth-order valence-corrected chi connectivity index (χ4v) is 4.67. The normalized spacial score (nSPS) is 17.1. The molecule has 7 nitrogen and oxygen atoms in total. The summed E-state index contributed by atoms with van der Waals surface area (Å²) >= 11 is 6.34. The third-order valence-corrected chi connectivity index (χ3v) is 6.29. The number of H-pyrrole nitrogens is 1. The van der Waals surface area contributed by atoms with Gasteiger partial charge in [0.15, 0.2) is 11.5 Å². The number of halogens is 1. The first-order valence-corrected chi connectivity index (χ1v) is 11.2. The number of ether oxygens (including phenoxy) is 2. The molecule has 2 aliphatic rings. The highest BCUT2D eigenvalue weighted by Crippen LogP contribution is 2.38. The Morgan fingerprint density at radius 1 is 1.12 bits per heavy atom. The first kappa shape index (κ1) is 20.7. The summed E-state index contributed by atoms with van der Waals surface area (Å²) in [4.78, 5) is 29.9. The van der Waals surface area contributed by atoms with Crippen molar-refractivity contribution in [2.75, 3.05) is 26.3 Å². The van der Waals surface area contributed by atoms with Crippen molar-refractivity contribution in [3.63, 3.8) is 0 Å². The van der Waals surface area contributed by atoms with E-state index in [2.05, 4.69) is 4.98 Å². The van der Waals surface area contributed by atoms with Gasteiger partial charge in [0.2, 0.25) is 5.91 Å². The number of piperidine rings is 1. The van der Waals surface area contributed by atoms with Crippen LogP contribution in [0.3, 0.4) is 0 Å². The predicted molar refractivity (Wildman–Crippen MR) is 124 cm³/mol. The Morgan fingerprint density at radius 3 is 2.75 bits per heavy atom. The number of aromatic amines is 1. The van der Waals surface area contributed by atoms with Crippen LogP contribution in [0, 0.1) is 0 Å². The fraction of sp³-hybridized carbons (Fsp3) is 0.333. The molecule has 0 aliphatic carbocycles. The maximum Gasteiger partial charge on any atom is 0.326 e. The average Bonchev–Trinajstić information content (AvgIpc) is 2.96. The van der Waals surface area contributed by atoms with E-state index in [-0.39, 0.29) is 17.6 Å². The van der Waals surface area contributed by atoms with Crippen LogP contribution in [-0.2, 0) is 4.79 Å². The van der Waals surface area contributed by atoms with Crippen LogP contribution in [0.1, 0.15) is 30.9 Å². The van der Waals surface area contributed by atoms with Gasteiger partial charge in [0.25, 0.3) is 0 Å². The van der Waals surface area contributed by atoms with E-state index in [4.69, 9.17) is 21.1 Å². The van der Waals surface area contributed by atoms with E-state index < -0.39 is 0 Å². The number of likely N-dealkylation sites (tertiary alicyclic amines) is 1. The van der Waals surface area contributed by atoms with Gasteiger partial charge in [-0.05, 0) is 48.7 Å². The number of rotatable bonds is 3. The van der Waals surface area contributed by atoms with Crippen LogP contribution in [0.15, 0.2) is 47.3 Å². The molecule has 0 unspecified atom stereocenters. The number of benzene rings is 2. The number of nitrogens with zero attached hydrogens (tertiary/aromatic N) is 2. The molecular weight excluding hydrogens is 430 g/mol. The van der Waals surface area contributed by atoms with Crippen LogP contribution >= 0.6 is 11.6 Å². The molecule has 166 valence electrons. The summed E-state index contributed by atoms with van der Waals surface area (Å²) in [6.07, 6.45) is 5.58. The van der Waals surface area contributed by atoms with Crippen molar-refractivity contribution in [1.82, 2.24) is 14.5 Å². The Morgan fingerprint density at radius 2 is 1.91 bits per heavy atom. The number of hydrogen-bond acceptors (Lipinski definition) is 4. The monoisotopic (exact) mass is 453 g/mol. The lowest BCUT2D eigenvalue weighted by Gasteiger charge is -2.32. The lowest BCUT2D eigenvalue weighted by molar-refractivity contribution is -0.127. The van der Waals surface area contributed by atoms with Crippen LogP contribution in [-0.4, -0.2) is 46.7 Å². The number of carbonyl (C=O) groups is 1. The lowest BCUT2D eigenvalue weighted by atomic mass is 10.0. The van der Waals surface area contributed by atoms with Gasteiger partial charge in [0.05, 0.1) is 29.3 Å². The van der Waals surface area contributed by atoms with E-state index in [1.54, 1.807) is 18.2 Å². The lowest BCUT2D eigenvalue weighted by Crippen LogP contribution is -2.39. The summed E-state index contributed by atoms with van der Waals surface area (Å²) in [7, 11) is 0. The van der Waals surface area contributed by atoms with Crippen LogP contribution < -0.4 is 15.2 Å². The van der Waals surface area contributed by atoms with Gasteiger partial charge in [-0.2, -0.15) is 0 Å². The number of carbonyl (C=O) groups excluding carboxylic acids is 1. The van der Waals surface area contributed by atoms with E-state index >= 15 is 0 Å². The van der Waals surface area contributed by atoms with E-state index in [0.29, 0.717) is 42.8 Å². The molecule has 1 saturated heterocycles. The smallest absolute Gasteiger partial charge is 0.326 e. The van der Waals surface area contributed by atoms with E-state index in [1.807, 2.05) is 39.8 Å². The van der Waals surface area contributed by atoms with Crippen LogP contribution in [0.2, 0.25) is 5.02 Å². The molecule has 0 spiro atoms. The Hall–Kier alpha value is -3.19. The summed E-state index contributed by atoms with van der Waals surface area (Å²) in [5.74, 6) is 1.10. The highest BCUT2D eigenvalue weighted by molar-refractivity contribution is 6.32. The van der Waals surface area contributed by atoms with E-state index in [0.717, 1.165) is 35.9 Å². The Labute approximate surface area is 190 Å². The minimum Gasteiger partial charge on any atom is -0.489 e. The molecule has 3 aromatic rings. The van der Waals surface area contributed by atoms with Gasteiger partial charge in [-0.3, -0.25) is 9.36 Å². The van der Waals surface area contributed by atoms with Crippen LogP contribution in [0.25, 0.3) is 17.1 Å². The number of fused-ring (bicyclic) bond motifs is 2. The van der Waals surface area contributed by atoms with Crippen molar-refractivity contribution < 1.29 is 14.3 Å². The number of aromatic nitrogens is 2. The Balaban J connectivity index is 1.25. The molecule has 8 heteroatoms. The molecule has 2 aliphatic heterocycles. The van der Waals surface area contributed by atoms with Gasteiger partial charge in [-0.15, -0.1) is 0 Å². The van der Waals surface area contributed by atoms with Gasteiger partial charge in [0.1, 0.15) is 0 Å². The predicted octanol–water partition coefficient (Wildman–Crippen LogP) is 4.02. The number of nitrogens with one attached hydrogen (secondary N) is 1. The largest absolute Gasteiger partial charge is 0.489 e. The Kier molecular flexibility index (Phi) is 5.66. The standard InChI is InChI=1S/C24H24ClN3O4/c25-18-14-16(15-21-23(18)32-13-3-12-31-21)6-7-22(29)27-10-8-17(9-11-27)28-20-5-2-1-4-19(20)26-24(28)30/h1-2,4-7,14-15,17H,3,8-13H2,(H,26,30)/b7-6-. The average molecular weight is 454 g/mol. The molecule has 3 heterocycles. The summed E-state index contributed by atoms with van der Waals surface area (Å²) in [5, 5.41) is 0.474. The molecule has 0 radical (unpaired) electrons. The van der Waals surface area contributed by atoms with Gasteiger partial charge >= 0.3 is 5.69 Å². The summed E-state index contributed by atoms with van der Waals surface area (Å²) < 4.78 is 13.2. The molecule has 0 bridgehead atoms. The summed E-state index contributed by atoms with van der Waals surface area (Å²) in [6, 6.07) is 11.4. The highest BCUT2D eigenvalue weighted by Gasteiger charge is 2.25. The second-order valence-corrected chi connectivity index (χ2v) is 8.49. The van der Waals surface area contributed by atoms with E-state index in [1.165, 1.54) is 0 Å². The van der Waals surface area contributed by atoms with Crippen molar-refractivity contribution >= 4 is 34.6 Å². The van der Waals surface area contributed by atoms with Gasteiger partial charge in [-0.25, -0.2) is 4.79 Å². The SMILES string of the molecule is O=C(/C=C\c1cc(Cl)c2c(c1)OCCCO2)N1CCC(n2c(=O)[nH]c3ccccc32)CC1. The zero-order valence-corrected chi connectivity index (χ0v) is 18.3. The number of para-hydroxylation sites is 2. The van der Waals surface area contributed by atoms with Crippen molar-refractivity contribution in [2.24, 2.45) is 0 Å². The van der Waals surface area contributed by atoms with E-state index in [9.17, 15) is 9.59 Å². The van der Waals surface area contributed by atoms with Crippen LogP contribution in [0.5, 0.6) is 11.5 Å². The zero-order valence-electron chi connectivity index (χ0n) is 17.6. The quantitative estimate of drug-likeness (QED) is 0.607. The number of hydrogen-bond donors (Lipinski definition) is 1. The summed E-state index contributed by atoms with van der Waals surface area (Å²) in [6.45, 7) is 2.34. The molecule has 0 atom stereocenters. The molecule has 1 N–H and O–H groups in total. The third kappa shape index (κ3) is 4.00. The number of imidazole rings is 1. The van der Waals surface area contributed by atoms with Crippen molar-refractivity contribution in [1.29, 1.82) is 0 Å². The van der Waals surface area contributed by atoms with Crippen molar-refractivity contribution in [3.05, 3.63) is 63.5 Å². The topological polar surface area (TPSA) is 76.6 Å². The maximum atomic E-state index is 12.7. The van der Waals surface area contributed by atoms with Gasteiger partial charge < -0.3 is 19.4 Å². The van der Waals surface area contributed by atoms with Crippen LogP contribution in [0.4, 0.5) is 0 Å². The third-order valence-electron chi connectivity index (χ3n) is 6.01. The number of amides is 1. The zero-order chi connectivity index (χ0) is 22.1. The molecule has 2 aromatic carbocycles. The molecule has 1 fully saturated rings. The molecule has 1 amide bonds. The van der Waals surface area contributed by atoms with Crippen molar-refractivity contribution in [2.45, 2.75) is 25.3 Å². The second kappa shape index (κ2) is 8.74. The van der Waals surface area contributed by atoms with Crippen molar-refractivity contribution in [3.8, 4) is 11.5 Å². The highest BCUT2D eigenvalue weighted by atomic mass is 35.5. The molecule has 5 rings (SSSR count). The minimum absolute atomic E-state index is 0.0574. The first-order chi connectivity index (χ1) is 15.6. The molecule has 0 saturated carbocycles. The minimum atomic E-state index is -0.0952. The molecular formula is C24H24ClN3O4. The summed E-state index contributed by atoms with van der Waals surface area (Å²) in [5.41, 5.74) is 2.44. The first-order valence-electron chi connectivity index (χ1n) is 10.9. The second-order valence-electron chi connectivity index (χ2n) is 8.09. The Bertz CT molecular complexity index is 1240. The molecule has 1 aromatic heterocycles. The van der Waals surface area contributed by atoms with Gasteiger partial charge in [-0.1, -0.05) is 23.7 Å². The molecule has 32 heavy (non-hydrogen) atoms.